The first-order valence-corrected chi connectivity index (χ1v) is 5.49. The van der Waals surface area contributed by atoms with E-state index >= 15 is 0 Å². The summed E-state index contributed by atoms with van der Waals surface area (Å²) in [5, 5.41) is 9.63. The van der Waals surface area contributed by atoms with Crippen molar-refractivity contribution in [3.63, 3.8) is 0 Å². The summed E-state index contributed by atoms with van der Waals surface area (Å²) in [6.45, 7) is 3.63. The minimum atomic E-state index is -0.941. The first kappa shape index (κ1) is 13.0. The number of benzene rings is 1. The van der Waals surface area contributed by atoms with E-state index in [-0.39, 0.29) is 6.10 Å². The van der Waals surface area contributed by atoms with Crippen LogP contribution >= 0.6 is 11.6 Å². The largest absolute Gasteiger partial charge is 0.479 e. The van der Waals surface area contributed by atoms with Crippen molar-refractivity contribution >= 4 is 17.6 Å². The highest BCUT2D eigenvalue weighted by Crippen LogP contribution is 2.13. The van der Waals surface area contributed by atoms with E-state index in [0.717, 1.165) is 5.56 Å². The predicted octanol–water partition coefficient (Wildman–Crippen LogP) is 2.76. The summed E-state index contributed by atoms with van der Waals surface area (Å²) >= 11 is 5.75. The number of hydrogen-bond donors (Lipinski definition) is 1. The van der Waals surface area contributed by atoms with Gasteiger partial charge in [-0.2, -0.15) is 0 Å². The SMILES string of the molecule is CC(C)O[C@@H](Cc1ccc(Cl)cc1)C(=O)O. The molecular weight excluding hydrogens is 228 g/mol. The smallest absolute Gasteiger partial charge is 0.333 e. The zero-order valence-electron chi connectivity index (χ0n) is 9.31. The molecule has 0 fully saturated rings. The molecule has 4 heteroatoms. The Morgan fingerprint density at radius 1 is 1.38 bits per heavy atom. The standard InChI is InChI=1S/C12H15ClO3/c1-8(2)16-11(12(14)15)7-9-3-5-10(13)6-4-9/h3-6,8,11H,7H2,1-2H3,(H,14,15)/t11-/m0/s1. The molecule has 0 amide bonds. The molecular formula is C12H15ClO3. The van der Waals surface area contributed by atoms with Gasteiger partial charge in [-0.25, -0.2) is 4.79 Å². The second kappa shape index (κ2) is 5.87. The van der Waals surface area contributed by atoms with Gasteiger partial charge in [0, 0.05) is 11.4 Å². The summed E-state index contributed by atoms with van der Waals surface area (Å²) < 4.78 is 5.31. The van der Waals surface area contributed by atoms with Crippen molar-refractivity contribution < 1.29 is 14.6 Å². The monoisotopic (exact) mass is 242 g/mol. The van der Waals surface area contributed by atoms with E-state index < -0.39 is 12.1 Å². The highest BCUT2D eigenvalue weighted by atomic mass is 35.5. The summed E-state index contributed by atoms with van der Waals surface area (Å²) in [5.74, 6) is -0.941. The molecule has 0 aliphatic heterocycles. The first-order chi connectivity index (χ1) is 7.49. The van der Waals surface area contributed by atoms with Gasteiger partial charge in [0.25, 0.3) is 0 Å². The van der Waals surface area contributed by atoms with Crippen LogP contribution < -0.4 is 0 Å². The number of rotatable bonds is 5. The molecule has 1 atom stereocenters. The van der Waals surface area contributed by atoms with Crippen molar-refractivity contribution in [3.05, 3.63) is 34.9 Å². The van der Waals surface area contributed by atoms with E-state index in [1.54, 1.807) is 12.1 Å². The Kier molecular flexibility index (Phi) is 4.77. The second-order valence-corrected chi connectivity index (χ2v) is 4.28. The van der Waals surface area contributed by atoms with Crippen LogP contribution in [0.15, 0.2) is 24.3 Å². The van der Waals surface area contributed by atoms with Crippen LogP contribution in [-0.4, -0.2) is 23.3 Å². The molecule has 1 aromatic carbocycles. The maximum atomic E-state index is 11.0. The molecule has 0 spiro atoms. The molecule has 1 aromatic rings. The molecule has 0 unspecified atom stereocenters. The normalized spacial score (nSPS) is 12.8. The van der Waals surface area contributed by atoms with Gasteiger partial charge in [0.2, 0.25) is 0 Å². The van der Waals surface area contributed by atoms with Crippen LogP contribution in [0.1, 0.15) is 19.4 Å². The van der Waals surface area contributed by atoms with E-state index in [1.807, 2.05) is 26.0 Å². The number of carboxylic acids is 1. The molecule has 0 saturated heterocycles. The van der Waals surface area contributed by atoms with Gasteiger partial charge in [-0.3, -0.25) is 0 Å². The number of carboxylic acid groups (broad SMARTS) is 1. The minimum absolute atomic E-state index is 0.103. The Bertz CT molecular complexity index is 346. The highest BCUT2D eigenvalue weighted by Gasteiger charge is 2.19. The number of ether oxygens (including phenoxy) is 1. The molecule has 88 valence electrons. The summed E-state index contributed by atoms with van der Waals surface area (Å²) in [6, 6.07) is 7.10. The van der Waals surface area contributed by atoms with Gasteiger partial charge < -0.3 is 9.84 Å². The summed E-state index contributed by atoms with van der Waals surface area (Å²) in [5.41, 5.74) is 0.900. The quantitative estimate of drug-likeness (QED) is 0.864. The van der Waals surface area contributed by atoms with Gasteiger partial charge >= 0.3 is 5.97 Å². The van der Waals surface area contributed by atoms with Crippen LogP contribution in [-0.2, 0) is 16.0 Å². The molecule has 0 aliphatic carbocycles. The third-order valence-corrected chi connectivity index (χ3v) is 2.30. The lowest BCUT2D eigenvalue weighted by Crippen LogP contribution is -2.29. The van der Waals surface area contributed by atoms with Crippen LogP contribution in [0.5, 0.6) is 0 Å². The van der Waals surface area contributed by atoms with Crippen LogP contribution in [0.3, 0.4) is 0 Å². The molecule has 0 aromatic heterocycles. The maximum Gasteiger partial charge on any atom is 0.333 e. The van der Waals surface area contributed by atoms with Gasteiger partial charge in [0.05, 0.1) is 6.10 Å². The fourth-order valence-electron chi connectivity index (χ4n) is 1.36. The van der Waals surface area contributed by atoms with E-state index in [1.165, 1.54) is 0 Å². The van der Waals surface area contributed by atoms with Gasteiger partial charge in [0.1, 0.15) is 0 Å². The predicted molar refractivity (Wildman–Crippen MR) is 62.8 cm³/mol. The number of carbonyl (C=O) groups is 1. The zero-order chi connectivity index (χ0) is 12.1. The summed E-state index contributed by atoms with van der Waals surface area (Å²) in [6.07, 6.45) is -0.556. The fraction of sp³-hybridized carbons (Fsp3) is 0.417. The lowest BCUT2D eigenvalue weighted by molar-refractivity contribution is -0.153. The third kappa shape index (κ3) is 4.21. The first-order valence-electron chi connectivity index (χ1n) is 5.11. The fourth-order valence-corrected chi connectivity index (χ4v) is 1.48. The van der Waals surface area contributed by atoms with Crippen LogP contribution in [0, 0.1) is 0 Å². The third-order valence-electron chi connectivity index (χ3n) is 2.05. The summed E-state index contributed by atoms with van der Waals surface area (Å²) in [7, 11) is 0. The Morgan fingerprint density at radius 2 is 1.94 bits per heavy atom. The zero-order valence-corrected chi connectivity index (χ0v) is 10.1. The van der Waals surface area contributed by atoms with Crippen molar-refractivity contribution in [1.29, 1.82) is 0 Å². The molecule has 1 rings (SSSR count). The molecule has 0 radical (unpaired) electrons. The second-order valence-electron chi connectivity index (χ2n) is 3.84. The Balaban J connectivity index is 2.68. The molecule has 16 heavy (non-hydrogen) atoms. The Morgan fingerprint density at radius 3 is 2.38 bits per heavy atom. The number of aliphatic carboxylic acids is 1. The van der Waals surface area contributed by atoms with Crippen LogP contribution in [0.4, 0.5) is 0 Å². The molecule has 1 N–H and O–H groups in total. The topological polar surface area (TPSA) is 46.5 Å². The van der Waals surface area contributed by atoms with E-state index in [2.05, 4.69) is 0 Å². The van der Waals surface area contributed by atoms with E-state index in [4.69, 9.17) is 21.4 Å². The highest BCUT2D eigenvalue weighted by molar-refractivity contribution is 6.30. The van der Waals surface area contributed by atoms with Gasteiger partial charge in [-0.1, -0.05) is 23.7 Å². The molecule has 0 aliphatic rings. The Labute approximate surface area is 100.0 Å². The maximum absolute atomic E-state index is 11.0. The van der Waals surface area contributed by atoms with Crippen LogP contribution in [0.25, 0.3) is 0 Å². The average molecular weight is 243 g/mol. The molecule has 0 heterocycles. The molecule has 3 nitrogen and oxygen atoms in total. The van der Waals surface area contributed by atoms with Crippen molar-refractivity contribution in [1.82, 2.24) is 0 Å². The lowest BCUT2D eigenvalue weighted by Gasteiger charge is -2.16. The van der Waals surface area contributed by atoms with Crippen molar-refractivity contribution in [2.24, 2.45) is 0 Å². The Hall–Kier alpha value is -1.06. The minimum Gasteiger partial charge on any atom is -0.479 e. The molecule has 0 saturated carbocycles. The van der Waals surface area contributed by atoms with E-state index in [9.17, 15) is 4.79 Å². The summed E-state index contributed by atoms with van der Waals surface area (Å²) in [4.78, 5) is 11.0. The number of hydrogen-bond acceptors (Lipinski definition) is 2. The molecule has 0 bridgehead atoms. The van der Waals surface area contributed by atoms with Gasteiger partial charge in [-0.05, 0) is 31.5 Å². The van der Waals surface area contributed by atoms with Crippen molar-refractivity contribution in [2.45, 2.75) is 32.5 Å². The van der Waals surface area contributed by atoms with E-state index in [0.29, 0.717) is 11.4 Å². The van der Waals surface area contributed by atoms with Crippen molar-refractivity contribution in [2.75, 3.05) is 0 Å². The van der Waals surface area contributed by atoms with Crippen LogP contribution in [0.2, 0.25) is 5.02 Å². The lowest BCUT2D eigenvalue weighted by atomic mass is 10.1. The number of halogens is 1. The van der Waals surface area contributed by atoms with Gasteiger partial charge in [0.15, 0.2) is 6.10 Å². The van der Waals surface area contributed by atoms with Crippen molar-refractivity contribution in [3.8, 4) is 0 Å². The average Bonchev–Trinajstić information content (AvgIpc) is 2.19. The van der Waals surface area contributed by atoms with Gasteiger partial charge in [-0.15, -0.1) is 0 Å².